The molecule has 2 rings (SSSR count). The van der Waals surface area contributed by atoms with E-state index in [0.29, 0.717) is 38.4 Å². The summed E-state index contributed by atoms with van der Waals surface area (Å²) in [6.45, 7) is 3.83. The summed E-state index contributed by atoms with van der Waals surface area (Å²) in [6.07, 6.45) is 1.29. The van der Waals surface area contributed by atoms with Crippen LogP contribution >= 0.6 is 0 Å². The number of amides is 1. The van der Waals surface area contributed by atoms with Gasteiger partial charge in [0.25, 0.3) is 11.6 Å². The molecule has 144 valence electrons. The lowest BCUT2D eigenvalue weighted by atomic mass is 10.2. The summed E-state index contributed by atoms with van der Waals surface area (Å²) in [4.78, 5) is 26.6. The van der Waals surface area contributed by atoms with Gasteiger partial charge in [-0.1, -0.05) is 0 Å². The molecular weight excluding hydrogens is 352 g/mol. The summed E-state index contributed by atoms with van der Waals surface area (Å²) in [5.74, 6) is -0.126. The van der Waals surface area contributed by atoms with Gasteiger partial charge in [-0.25, -0.2) is 0 Å². The minimum Gasteiger partial charge on any atom is -0.494 e. The quantitative estimate of drug-likeness (QED) is 0.305. The summed E-state index contributed by atoms with van der Waals surface area (Å²) in [7, 11) is 1.38. The number of benzene rings is 1. The van der Waals surface area contributed by atoms with Crippen molar-refractivity contribution in [3.05, 3.63) is 40.1 Å². The number of methoxy groups -OCH3 is 1. The van der Waals surface area contributed by atoms with Gasteiger partial charge in [-0.15, -0.1) is 0 Å². The summed E-state index contributed by atoms with van der Waals surface area (Å²) in [6, 6.07) is 5.93. The molecule has 3 N–H and O–H groups in total. The van der Waals surface area contributed by atoms with E-state index in [2.05, 4.69) is 10.2 Å². The van der Waals surface area contributed by atoms with Gasteiger partial charge in [-0.2, -0.15) is 5.26 Å². The van der Waals surface area contributed by atoms with Crippen molar-refractivity contribution in [2.24, 2.45) is 5.73 Å². The number of anilines is 1. The Morgan fingerprint density at radius 1 is 1.44 bits per heavy atom. The molecule has 1 aromatic carbocycles. The topological polar surface area (TPSA) is 138 Å². The first-order chi connectivity index (χ1) is 13.0. The van der Waals surface area contributed by atoms with Gasteiger partial charge < -0.3 is 20.7 Å². The zero-order valence-electron chi connectivity index (χ0n) is 15.1. The molecule has 10 heteroatoms. The van der Waals surface area contributed by atoms with Crippen molar-refractivity contribution >= 4 is 17.3 Å². The number of nitrogens with zero attached hydrogens (tertiary/aromatic N) is 4. The van der Waals surface area contributed by atoms with E-state index in [4.69, 9.17) is 10.5 Å². The average Bonchev–Trinajstić information content (AvgIpc) is 2.69. The number of hydrogen-bond acceptors (Lipinski definition) is 8. The second-order valence-corrected chi connectivity index (χ2v) is 5.88. The molecule has 1 aliphatic heterocycles. The minimum absolute atomic E-state index is 0.0531. The zero-order valence-corrected chi connectivity index (χ0v) is 15.1. The summed E-state index contributed by atoms with van der Waals surface area (Å²) < 4.78 is 5.12. The third-order valence-electron chi connectivity index (χ3n) is 4.22. The zero-order chi connectivity index (χ0) is 19.8. The number of carbonyl (C=O) groups is 1. The van der Waals surface area contributed by atoms with Gasteiger partial charge in [0.15, 0.2) is 0 Å². The molecule has 1 heterocycles. The molecule has 10 nitrogen and oxygen atoms in total. The molecule has 1 aromatic rings. The van der Waals surface area contributed by atoms with E-state index >= 15 is 0 Å². The molecule has 1 amide bonds. The Morgan fingerprint density at radius 3 is 2.70 bits per heavy atom. The second-order valence-electron chi connectivity index (χ2n) is 5.88. The Balaban J connectivity index is 2.07. The standard InChI is InChI=1S/C17H22N6O4/c1-27-16-10-14(23(25)26)2-3-15(16)20-12-13(11-19)17(24)22-8-6-21(5-4-18)7-9-22/h2-3,10,12,20H,4-9,18H2,1H3/b13-12-. The number of nitrogens with two attached hydrogens (primary N) is 1. The first-order valence-electron chi connectivity index (χ1n) is 8.41. The van der Waals surface area contributed by atoms with E-state index in [-0.39, 0.29) is 22.9 Å². The molecule has 1 saturated heterocycles. The number of nitriles is 1. The van der Waals surface area contributed by atoms with Crippen molar-refractivity contribution < 1.29 is 14.5 Å². The maximum absolute atomic E-state index is 12.5. The van der Waals surface area contributed by atoms with Crippen LogP contribution in [-0.2, 0) is 4.79 Å². The Hall–Kier alpha value is -3.16. The van der Waals surface area contributed by atoms with E-state index < -0.39 is 4.92 Å². The van der Waals surface area contributed by atoms with E-state index in [1.165, 1.54) is 31.5 Å². The summed E-state index contributed by atoms with van der Waals surface area (Å²) >= 11 is 0. The van der Waals surface area contributed by atoms with Crippen molar-refractivity contribution in [1.29, 1.82) is 5.26 Å². The monoisotopic (exact) mass is 374 g/mol. The lowest BCUT2D eigenvalue weighted by Gasteiger charge is -2.34. The van der Waals surface area contributed by atoms with Crippen LogP contribution in [0, 0.1) is 21.4 Å². The van der Waals surface area contributed by atoms with E-state index in [1.807, 2.05) is 6.07 Å². The van der Waals surface area contributed by atoms with Gasteiger partial charge >= 0.3 is 0 Å². The second kappa shape index (κ2) is 9.51. The van der Waals surface area contributed by atoms with Crippen molar-refractivity contribution in [2.75, 3.05) is 51.7 Å². The molecule has 0 aromatic heterocycles. The van der Waals surface area contributed by atoms with Gasteiger partial charge in [0.2, 0.25) is 0 Å². The molecular formula is C17H22N6O4. The first-order valence-corrected chi connectivity index (χ1v) is 8.41. The maximum Gasteiger partial charge on any atom is 0.273 e. The molecule has 27 heavy (non-hydrogen) atoms. The van der Waals surface area contributed by atoms with Gasteiger partial charge in [0.1, 0.15) is 17.4 Å². The average molecular weight is 374 g/mol. The van der Waals surface area contributed by atoms with Crippen molar-refractivity contribution in [2.45, 2.75) is 0 Å². The normalized spacial score (nSPS) is 15.1. The lowest BCUT2D eigenvalue weighted by Crippen LogP contribution is -2.50. The van der Waals surface area contributed by atoms with Crippen LogP contribution in [0.4, 0.5) is 11.4 Å². The van der Waals surface area contributed by atoms with E-state index in [0.717, 1.165) is 6.54 Å². The van der Waals surface area contributed by atoms with Crippen LogP contribution in [0.1, 0.15) is 0 Å². The smallest absolute Gasteiger partial charge is 0.273 e. The minimum atomic E-state index is -0.531. The third-order valence-corrected chi connectivity index (χ3v) is 4.22. The molecule has 0 radical (unpaired) electrons. The first kappa shape index (κ1) is 20.2. The van der Waals surface area contributed by atoms with E-state index in [9.17, 15) is 20.2 Å². The molecule has 0 saturated carbocycles. The van der Waals surface area contributed by atoms with Gasteiger partial charge in [-0.05, 0) is 6.07 Å². The number of ether oxygens (including phenoxy) is 1. The van der Waals surface area contributed by atoms with Crippen LogP contribution < -0.4 is 15.8 Å². The molecule has 0 unspecified atom stereocenters. The number of carbonyl (C=O) groups excluding carboxylic acids is 1. The van der Waals surface area contributed by atoms with Crippen LogP contribution in [0.5, 0.6) is 5.75 Å². The molecule has 1 fully saturated rings. The third kappa shape index (κ3) is 5.16. The van der Waals surface area contributed by atoms with Crippen LogP contribution in [0.15, 0.2) is 30.0 Å². The van der Waals surface area contributed by atoms with Crippen LogP contribution in [0.2, 0.25) is 0 Å². The SMILES string of the molecule is COc1cc([N+](=O)[O-])ccc1N/C=C(/C#N)C(=O)N1CCN(CCN)CC1. The molecule has 1 aliphatic rings. The van der Waals surface area contributed by atoms with Crippen LogP contribution in [0.25, 0.3) is 0 Å². The maximum atomic E-state index is 12.5. The Kier molecular flexibility index (Phi) is 7.10. The largest absolute Gasteiger partial charge is 0.494 e. The predicted molar refractivity (Wildman–Crippen MR) is 99.0 cm³/mol. The molecule has 0 spiro atoms. The van der Waals surface area contributed by atoms with Crippen molar-refractivity contribution in [3.63, 3.8) is 0 Å². The van der Waals surface area contributed by atoms with Crippen molar-refractivity contribution in [1.82, 2.24) is 9.80 Å². The highest BCUT2D eigenvalue weighted by Gasteiger charge is 2.23. The fraction of sp³-hybridized carbons (Fsp3) is 0.412. The number of non-ortho nitro benzene ring substituents is 1. The fourth-order valence-electron chi connectivity index (χ4n) is 2.73. The van der Waals surface area contributed by atoms with Gasteiger partial charge in [0, 0.05) is 51.5 Å². The Bertz CT molecular complexity index is 765. The molecule has 0 atom stereocenters. The molecule has 0 aliphatic carbocycles. The highest BCUT2D eigenvalue weighted by Crippen LogP contribution is 2.29. The number of nitro benzene ring substituents is 1. The Morgan fingerprint density at radius 2 is 2.15 bits per heavy atom. The number of piperazine rings is 1. The Labute approximate surface area is 156 Å². The highest BCUT2D eigenvalue weighted by molar-refractivity contribution is 5.97. The number of nitro groups is 1. The van der Waals surface area contributed by atoms with Crippen molar-refractivity contribution in [3.8, 4) is 11.8 Å². The molecule has 0 bridgehead atoms. The fourth-order valence-corrected chi connectivity index (χ4v) is 2.73. The summed E-state index contributed by atoms with van der Waals surface area (Å²) in [5.41, 5.74) is 5.78. The summed E-state index contributed by atoms with van der Waals surface area (Å²) in [5, 5.41) is 23.0. The number of rotatable bonds is 7. The highest BCUT2D eigenvalue weighted by atomic mass is 16.6. The van der Waals surface area contributed by atoms with Gasteiger partial charge in [-0.3, -0.25) is 19.8 Å². The number of nitrogens with one attached hydrogen (secondary N) is 1. The van der Waals surface area contributed by atoms with E-state index in [1.54, 1.807) is 4.90 Å². The lowest BCUT2D eigenvalue weighted by molar-refractivity contribution is -0.384. The van der Waals surface area contributed by atoms with Gasteiger partial charge in [0.05, 0.1) is 23.8 Å². The number of hydrogen-bond donors (Lipinski definition) is 2. The van der Waals surface area contributed by atoms with Crippen LogP contribution in [-0.4, -0.2) is 67.0 Å². The predicted octanol–water partition coefficient (Wildman–Crippen LogP) is 0.526. The van der Waals surface area contributed by atoms with Crippen LogP contribution in [0.3, 0.4) is 0 Å².